The van der Waals surface area contributed by atoms with Crippen molar-refractivity contribution in [1.29, 1.82) is 0 Å². The van der Waals surface area contributed by atoms with Gasteiger partial charge in [0.25, 0.3) is 0 Å². The molecule has 0 amide bonds. The van der Waals surface area contributed by atoms with Gasteiger partial charge in [-0.15, -0.1) is 0 Å². The molecule has 2 N–H and O–H groups in total. The number of benzene rings is 2. The van der Waals surface area contributed by atoms with Gasteiger partial charge in [-0.05, 0) is 36.1 Å². The van der Waals surface area contributed by atoms with Crippen molar-refractivity contribution < 1.29 is 19.4 Å². The number of ether oxygens (including phenoxy) is 2. The van der Waals surface area contributed by atoms with Crippen LogP contribution >= 0.6 is 0 Å². The number of carboxylic acid groups (broad SMARTS) is 1. The second-order valence-electron chi connectivity index (χ2n) is 6.76. The van der Waals surface area contributed by atoms with Gasteiger partial charge in [-0.1, -0.05) is 30.3 Å². The second kappa shape index (κ2) is 9.26. The highest BCUT2D eigenvalue weighted by Crippen LogP contribution is 2.38. The summed E-state index contributed by atoms with van der Waals surface area (Å²) >= 11 is 0. The summed E-state index contributed by atoms with van der Waals surface area (Å²) in [6.07, 6.45) is 3.32. The van der Waals surface area contributed by atoms with Crippen molar-refractivity contribution in [2.24, 2.45) is 4.99 Å². The summed E-state index contributed by atoms with van der Waals surface area (Å²) in [5.41, 5.74) is 2.77. The zero-order valence-electron chi connectivity index (χ0n) is 16.3. The summed E-state index contributed by atoms with van der Waals surface area (Å²) in [5, 5.41) is 12.7. The van der Waals surface area contributed by atoms with Crippen molar-refractivity contribution in [2.75, 3.05) is 20.8 Å². The van der Waals surface area contributed by atoms with Gasteiger partial charge in [0.05, 0.1) is 25.6 Å². The van der Waals surface area contributed by atoms with Crippen LogP contribution in [-0.4, -0.2) is 43.7 Å². The van der Waals surface area contributed by atoms with Crippen LogP contribution in [-0.2, 0) is 11.2 Å². The van der Waals surface area contributed by atoms with Gasteiger partial charge in [0.2, 0.25) is 0 Å². The molecule has 0 spiro atoms. The van der Waals surface area contributed by atoms with Crippen LogP contribution in [0.4, 0.5) is 0 Å². The van der Waals surface area contributed by atoms with E-state index in [0.717, 1.165) is 59.8 Å². The third kappa shape index (κ3) is 4.63. The lowest BCUT2D eigenvalue weighted by Gasteiger charge is -2.20. The molecule has 3 rings (SSSR count). The van der Waals surface area contributed by atoms with Gasteiger partial charge in [0.1, 0.15) is 17.5 Å². The molecule has 0 saturated heterocycles. The van der Waals surface area contributed by atoms with E-state index in [-0.39, 0.29) is 0 Å². The number of rotatable bonds is 7. The summed E-state index contributed by atoms with van der Waals surface area (Å²) in [6.45, 7) is 0.768. The Morgan fingerprint density at radius 3 is 2.32 bits per heavy atom. The average molecular weight is 382 g/mol. The summed E-state index contributed by atoms with van der Waals surface area (Å²) in [4.78, 5) is 16.1. The van der Waals surface area contributed by atoms with Crippen molar-refractivity contribution in [3.05, 3.63) is 48.0 Å². The Hall–Kier alpha value is -3.02. The van der Waals surface area contributed by atoms with Gasteiger partial charge in [-0.3, -0.25) is 4.99 Å². The summed E-state index contributed by atoms with van der Waals surface area (Å²) in [6, 6.07) is 12.8. The lowest BCUT2D eigenvalue weighted by atomic mass is 9.99. The molecule has 0 bridgehead atoms. The Kier molecular flexibility index (Phi) is 6.53. The molecular formula is C22H26N2O4. The molecule has 6 nitrogen and oxygen atoms in total. The molecule has 0 fully saturated rings. The summed E-state index contributed by atoms with van der Waals surface area (Å²) < 4.78 is 10.9. The molecule has 28 heavy (non-hydrogen) atoms. The van der Waals surface area contributed by atoms with E-state index in [2.05, 4.69) is 10.3 Å². The van der Waals surface area contributed by atoms with E-state index >= 15 is 0 Å². The predicted molar refractivity (Wildman–Crippen MR) is 109 cm³/mol. The van der Waals surface area contributed by atoms with Crippen LogP contribution in [0.25, 0.3) is 11.1 Å². The highest BCUT2D eigenvalue weighted by molar-refractivity contribution is 5.87. The third-order valence-corrected chi connectivity index (χ3v) is 4.87. The maximum atomic E-state index is 11.7. The van der Waals surface area contributed by atoms with E-state index in [1.807, 2.05) is 42.5 Å². The first-order valence-corrected chi connectivity index (χ1v) is 9.45. The number of carboxylic acids is 1. The minimum absolute atomic E-state index is 0.387. The van der Waals surface area contributed by atoms with Gasteiger partial charge in [0.15, 0.2) is 0 Å². The maximum Gasteiger partial charge on any atom is 0.326 e. The second-order valence-corrected chi connectivity index (χ2v) is 6.76. The van der Waals surface area contributed by atoms with Crippen LogP contribution < -0.4 is 14.8 Å². The Bertz CT molecular complexity index is 824. The molecule has 0 radical (unpaired) electrons. The van der Waals surface area contributed by atoms with Crippen molar-refractivity contribution in [3.63, 3.8) is 0 Å². The molecule has 1 heterocycles. The molecule has 148 valence electrons. The fraction of sp³-hybridized carbons (Fsp3) is 0.364. The topological polar surface area (TPSA) is 80.2 Å². The SMILES string of the molecule is COc1cccc(OC)c1-c1ccc(C[C@H](NC2=NCCCC2)C(=O)O)cc1. The lowest BCUT2D eigenvalue weighted by molar-refractivity contribution is -0.139. The Labute approximate surface area is 165 Å². The zero-order valence-corrected chi connectivity index (χ0v) is 16.3. The average Bonchev–Trinajstić information content (AvgIpc) is 2.74. The van der Waals surface area contributed by atoms with Crippen LogP contribution in [0.2, 0.25) is 0 Å². The van der Waals surface area contributed by atoms with Crippen LogP contribution in [0.15, 0.2) is 47.5 Å². The fourth-order valence-electron chi connectivity index (χ4n) is 3.40. The van der Waals surface area contributed by atoms with Crippen molar-refractivity contribution in [1.82, 2.24) is 5.32 Å². The molecule has 1 aliphatic heterocycles. The van der Waals surface area contributed by atoms with Crippen LogP contribution in [0.5, 0.6) is 11.5 Å². The molecule has 1 atom stereocenters. The summed E-state index contributed by atoms with van der Waals surface area (Å²) in [5.74, 6) is 1.39. The van der Waals surface area contributed by atoms with Gasteiger partial charge in [-0.25, -0.2) is 4.79 Å². The number of aliphatic carboxylic acids is 1. The number of aliphatic imine (C=N–C) groups is 1. The number of hydrogen-bond donors (Lipinski definition) is 2. The molecule has 0 aromatic heterocycles. The Balaban J connectivity index is 1.78. The fourth-order valence-corrected chi connectivity index (χ4v) is 3.40. The predicted octanol–water partition coefficient (Wildman–Crippen LogP) is 3.54. The first-order valence-electron chi connectivity index (χ1n) is 9.45. The van der Waals surface area contributed by atoms with E-state index in [0.29, 0.717) is 6.42 Å². The number of carbonyl (C=O) groups is 1. The third-order valence-electron chi connectivity index (χ3n) is 4.87. The monoisotopic (exact) mass is 382 g/mol. The first kappa shape index (κ1) is 19.7. The van der Waals surface area contributed by atoms with E-state index in [1.165, 1.54) is 0 Å². The minimum Gasteiger partial charge on any atom is -0.496 e. The van der Waals surface area contributed by atoms with Crippen molar-refractivity contribution >= 4 is 11.8 Å². The molecule has 0 saturated carbocycles. The molecule has 1 aliphatic rings. The minimum atomic E-state index is -0.872. The molecule has 0 aliphatic carbocycles. The van der Waals surface area contributed by atoms with Crippen molar-refractivity contribution in [2.45, 2.75) is 31.7 Å². The molecule has 6 heteroatoms. The number of nitrogens with zero attached hydrogens (tertiary/aromatic N) is 1. The number of amidine groups is 1. The number of nitrogens with one attached hydrogen (secondary N) is 1. The number of methoxy groups -OCH3 is 2. The Morgan fingerprint density at radius 2 is 1.79 bits per heavy atom. The molecule has 2 aromatic rings. The number of hydrogen-bond acceptors (Lipinski definition) is 5. The summed E-state index contributed by atoms with van der Waals surface area (Å²) in [7, 11) is 3.26. The normalized spacial score (nSPS) is 14.7. The van der Waals surface area contributed by atoms with E-state index in [1.54, 1.807) is 14.2 Å². The zero-order chi connectivity index (χ0) is 19.9. The lowest BCUT2D eigenvalue weighted by Crippen LogP contribution is -2.43. The first-order chi connectivity index (χ1) is 13.6. The van der Waals surface area contributed by atoms with E-state index < -0.39 is 12.0 Å². The van der Waals surface area contributed by atoms with Crippen molar-refractivity contribution in [3.8, 4) is 22.6 Å². The van der Waals surface area contributed by atoms with Gasteiger partial charge in [0, 0.05) is 19.4 Å². The van der Waals surface area contributed by atoms with E-state index in [9.17, 15) is 9.90 Å². The smallest absolute Gasteiger partial charge is 0.326 e. The Morgan fingerprint density at radius 1 is 1.11 bits per heavy atom. The highest BCUT2D eigenvalue weighted by Gasteiger charge is 2.20. The standard InChI is InChI=1S/C22H26N2O4/c1-27-18-6-5-7-19(28-2)21(18)16-11-9-15(10-12-16)14-17(22(25)26)24-20-8-3-4-13-23-20/h5-7,9-12,17H,3-4,8,13-14H2,1-2H3,(H,23,24)(H,25,26)/t17-/m0/s1. The van der Waals surface area contributed by atoms with E-state index in [4.69, 9.17) is 9.47 Å². The van der Waals surface area contributed by atoms with Crippen LogP contribution in [0.3, 0.4) is 0 Å². The van der Waals surface area contributed by atoms with Crippen LogP contribution in [0, 0.1) is 0 Å². The maximum absolute atomic E-state index is 11.7. The quantitative estimate of drug-likeness (QED) is 0.766. The van der Waals surface area contributed by atoms with Gasteiger partial charge < -0.3 is 19.9 Å². The van der Waals surface area contributed by atoms with Crippen LogP contribution in [0.1, 0.15) is 24.8 Å². The molecule has 2 aromatic carbocycles. The largest absolute Gasteiger partial charge is 0.496 e. The van der Waals surface area contributed by atoms with Gasteiger partial charge >= 0.3 is 5.97 Å². The molecular weight excluding hydrogens is 356 g/mol. The highest BCUT2D eigenvalue weighted by atomic mass is 16.5. The van der Waals surface area contributed by atoms with Gasteiger partial charge in [-0.2, -0.15) is 0 Å². The molecule has 0 unspecified atom stereocenters.